The van der Waals surface area contributed by atoms with Gasteiger partial charge in [0.05, 0.1) is 25.5 Å². The largest absolute Gasteiger partial charge is 0.451 e. The van der Waals surface area contributed by atoms with Crippen LogP contribution in [-0.4, -0.2) is 193 Å². The molecule has 8 atom stereocenters. The Morgan fingerprint density at radius 1 is 0.432 bits per heavy atom. The van der Waals surface area contributed by atoms with Crippen molar-refractivity contribution in [3.8, 4) is 0 Å². The molecular formula is C62H88N8O16S2. The van der Waals surface area contributed by atoms with E-state index in [1.807, 2.05) is 55.4 Å². The van der Waals surface area contributed by atoms with E-state index in [-0.39, 0.29) is 85.1 Å². The van der Waals surface area contributed by atoms with E-state index in [1.54, 1.807) is 48.5 Å². The molecule has 5 rings (SSSR count). The Bertz CT molecular complexity index is 3340. The number of hydrogen-bond donors (Lipinski definition) is 0. The molecule has 0 radical (unpaired) electrons. The van der Waals surface area contributed by atoms with Gasteiger partial charge in [0.2, 0.25) is 0 Å². The topological polar surface area (TPSA) is 290 Å². The van der Waals surface area contributed by atoms with Crippen molar-refractivity contribution in [3.05, 3.63) is 95.6 Å². The van der Waals surface area contributed by atoms with E-state index in [0.717, 1.165) is 32.1 Å². The van der Waals surface area contributed by atoms with Crippen LogP contribution in [0.5, 0.6) is 0 Å². The smallest absolute Gasteiger partial charge is 0.329 e. The predicted molar refractivity (Wildman–Crippen MR) is 324 cm³/mol. The fourth-order valence-corrected chi connectivity index (χ4v) is 11.3. The molecule has 1 aliphatic heterocycles. The number of carbonyl (C=O) groups excluding carboxylic acids is 8. The Kier molecular flexibility index (Phi) is 24.8. The van der Waals surface area contributed by atoms with Crippen LogP contribution in [0.2, 0.25) is 0 Å². The first-order valence-corrected chi connectivity index (χ1v) is 33.2. The maximum Gasteiger partial charge on any atom is 0.329 e. The lowest BCUT2D eigenvalue weighted by atomic mass is 9.99. The zero-order valence-electron chi connectivity index (χ0n) is 53.4. The van der Waals surface area contributed by atoms with Gasteiger partial charge in [0.15, 0.2) is 44.1 Å². The third-order valence-corrected chi connectivity index (χ3v) is 17.2. The number of rotatable bonds is 18. The lowest BCUT2D eigenvalue weighted by Crippen LogP contribution is -2.55. The summed E-state index contributed by atoms with van der Waals surface area (Å²) in [7, 11) is -1.70. The molecule has 0 unspecified atom stereocenters. The van der Waals surface area contributed by atoms with Crippen LogP contribution in [0.4, 0.5) is 0 Å². The van der Waals surface area contributed by atoms with Crippen molar-refractivity contribution in [1.82, 2.24) is 39.2 Å². The third kappa shape index (κ3) is 19.8. The Labute approximate surface area is 517 Å². The van der Waals surface area contributed by atoms with E-state index < -0.39 is 116 Å². The number of cyclic esters (lactones) is 4. The summed E-state index contributed by atoms with van der Waals surface area (Å²) in [6, 6.07) is 8.26. The highest BCUT2D eigenvalue weighted by atomic mass is 32.2. The van der Waals surface area contributed by atoms with Gasteiger partial charge in [0, 0.05) is 65.9 Å². The maximum atomic E-state index is 15.1. The Balaban J connectivity index is 1.60. The van der Waals surface area contributed by atoms with Crippen molar-refractivity contribution in [3.63, 3.8) is 0 Å². The molecule has 0 aliphatic carbocycles. The van der Waals surface area contributed by atoms with E-state index in [0.29, 0.717) is 22.3 Å². The van der Waals surface area contributed by atoms with E-state index in [1.165, 1.54) is 76.2 Å². The van der Waals surface area contributed by atoms with Gasteiger partial charge >= 0.3 is 23.9 Å². The van der Waals surface area contributed by atoms with E-state index in [2.05, 4.69) is 10.2 Å². The number of esters is 4. The lowest BCUT2D eigenvalue weighted by molar-refractivity contribution is -0.176. The molecule has 4 amide bonds. The highest BCUT2D eigenvalue weighted by molar-refractivity contribution is 7.91. The maximum absolute atomic E-state index is 15.1. The van der Waals surface area contributed by atoms with Crippen molar-refractivity contribution in [2.24, 2.45) is 23.7 Å². The molecule has 4 aromatic rings. The van der Waals surface area contributed by atoms with Gasteiger partial charge in [0.25, 0.3) is 23.6 Å². The van der Waals surface area contributed by atoms with Crippen molar-refractivity contribution >= 4 is 67.2 Å². The van der Waals surface area contributed by atoms with Crippen LogP contribution in [0.3, 0.4) is 0 Å². The molecule has 2 aromatic heterocycles. The van der Waals surface area contributed by atoms with Crippen LogP contribution in [0.25, 0.3) is 0 Å². The summed E-state index contributed by atoms with van der Waals surface area (Å²) in [5.41, 5.74) is 2.35. The van der Waals surface area contributed by atoms with Crippen LogP contribution in [-0.2, 0) is 103 Å². The molecular weight excluding hydrogens is 1180 g/mol. The second kappa shape index (κ2) is 30.6. The van der Waals surface area contributed by atoms with Gasteiger partial charge in [-0.3, -0.25) is 28.5 Å². The molecule has 88 heavy (non-hydrogen) atoms. The number of hydrogen-bond acceptors (Lipinski definition) is 18. The molecule has 1 fully saturated rings. The minimum absolute atomic E-state index is 0.0145. The Morgan fingerprint density at radius 3 is 1.08 bits per heavy atom. The molecule has 3 heterocycles. The number of carbonyl (C=O) groups is 8. The standard InChI is InChI=1S/C62H88N8O16S2/c1-37(2)24-49-59(75)83-42(10)56(72)66(12)52(27-40(7)8)62(78)86-54(30-45-18-17-19-46(28-45)34-70-36-48(32-64-70)88(16,81)82)58(74)68(14)50(25-38(3)4)60(76)84-41(9)55(71)65(11)51(26-39(5)6)61(77)85-53(57(73)67(49)13)29-43-20-22-44(23-21-43)33-69-35-47(31-63-69)87(15,79)80/h17-23,28,31-32,35-42,49-54H,24-27,29-30,33-34H2,1-16H3/t41-,42-,49+,50+,51+,52+,53-,54-/m1/s1. The van der Waals surface area contributed by atoms with Gasteiger partial charge in [0.1, 0.15) is 34.0 Å². The second-order valence-corrected chi connectivity index (χ2v) is 28.8. The summed E-state index contributed by atoms with van der Waals surface area (Å²) in [6.07, 6.45) is 0.594. The van der Waals surface area contributed by atoms with Crippen molar-refractivity contribution in [1.29, 1.82) is 0 Å². The Hall–Kier alpha value is -7.48. The summed E-state index contributed by atoms with van der Waals surface area (Å²) >= 11 is 0. The van der Waals surface area contributed by atoms with E-state index in [4.69, 9.17) is 18.9 Å². The number of ether oxygens (including phenoxy) is 4. The molecule has 0 saturated carbocycles. The lowest BCUT2D eigenvalue weighted by Gasteiger charge is -2.35. The van der Waals surface area contributed by atoms with Gasteiger partial charge < -0.3 is 38.5 Å². The molecule has 24 nitrogen and oxygen atoms in total. The zero-order valence-corrected chi connectivity index (χ0v) is 55.1. The third-order valence-electron chi connectivity index (χ3n) is 15.1. The molecule has 1 aliphatic rings. The quantitative estimate of drug-likeness (QED) is 0.0939. The molecule has 484 valence electrons. The van der Waals surface area contributed by atoms with Crippen molar-refractivity contribution < 1.29 is 74.1 Å². The van der Waals surface area contributed by atoms with Crippen LogP contribution in [0, 0.1) is 23.7 Å². The second-order valence-electron chi connectivity index (χ2n) is 24.7. The predicted octanol–water partition coefficient (Wildman–Crippen LogP) is 4.96. The van der Waals surface area contributed by atoms with E-state index >= 15 is 9.59 Å². The highest BCUT2D eigenvalue weighted by Crippen LogP contribution is 2.25. The van der Waals surface area contributed by atoms with Gasteiger partial charge in [-0.2, -0.15) is 10.2 Å². The molecule has 26 heteroatoms. The van der Waals surface area contributed by atoms with Gasteiger partial charge in [-0.1, -0.05) is 104 Å². The van der Waals surface area contributed by atoms with Gasteiger partial charge in [-0.15, -0.1) is 0 Å². The van der Waals surface area contributed by atoms with Gasteiger partial charge in [-0.05, 0) is 85.5 Å². The summed E-state index contributed by atoms with van der Waals surface area (Å²) in [5.74, 6) is -8.25. The summed E-state index contributed by atoms with van der Waals surface area (Å²) in [4.78, 5) is 122. The highest BCUT2D eigenvalue weighted by Gasteiger charge is 2.43. The molecule has 2 aromatic carbocycles. The van der Waals surface area contributed by atoms with Crippen molar-refractivity contribution in [2.45, 2.75) is 179 Å². The van der Waals surface area contributed by atoms with Crippen molar-refractivity contribution in [2.75, 3.05) is 40.7 Å². The normalized spacial score (nSPS) is 22.6. The van der Waals surface area contributed by atoms with Crippen LogP contribution < -0.4 is 0 Å². The average molecular weight is 1270 g/mol. The first-order chi connectivity index (χ1) is 40.9. The van der Waals surface area contributed by atoms with Crippen LogP contribution in [0.15, 0.2) is 83.1 Å². The summed E-state index contributed by atoms with van der Waals surface area (Å²) in [6.45, 7) is 17.4. The number of sulfone groups is 2. The van der Waals surface area contributed by atoms with Crippen LogP contribution in [0.1, 0.15) is 117 Å². The first kappa shape index (κ1) is 71.3. The molecule has 0 N–H and O–H groups in total. The number of benzene rings is 2. The summed E-state index contributed by atoms with van der Waals surface area (Å²) in [5, 5.41) is 8.35. The number of aromatic nitrogens is 4. The minimum atomic E-state index is -3.55. The fraction of sp³-hybridized carbons (Fsp3) is 0.581. The number of amides is 4. The van der Waals surface area contributed by atoms with E-state index in [9.17, 15) is 45.6 Å². The Morgan fingerprint density at radius 2 is 0.739 bits per heavy atom. The molecule has 1 saturated heterocycles. The number of nitrogens with zero attached hydrogens (tertiary/aromatic N) is 8. The zero-order chi connectivity index (χ0) is 65.9. The van der Waals surface area contributed by atoms with Crippen LogP contribution >= 0.6 is 0 Å². The first-order valence-electron chi connectivity index (χ1n) is 29.4. The number of likely N-dealkylation sites (N-methyl/N-ethyl adjacent to an activating group) is 4. The molecule has 0 bridgehead atoms. The fourth-order valence-electron chi connectivity index (χ4n) is 10.2. The summed E-state index contributed by atoms with van der Waals surface area (Å²) < 4.78 is 75.7. The van der Waals surface area contributed by atoms with Gasteiger partial charge in [-0.25, -0.2) is 36.0 Å². The SMILES string of the molecule is CC(C)C[C@H]1C(=O)O[C@H](Cc2cccc(Cn3cc(S(C)(=O)=O)cn3)c2)C(=O)N(C)[C@@H](CC(C)C)C(=O)O[C@H](C)C(=O)N(C)[C@@H](CC(C)C)C(=O)O[C@H](Cc2ccc(Cn3cc(S(C)(=O)=O)cn3)cc2)C(=O)N(C)[C@@H](CC(C)C)C(=O)O[C@H](C)C(=O)N1C. The molecule has 0 spiro atoms. The minimum Gasteiger partial charge on any atom is -0.451 e. The average Bonchev–Trinajstić information content (AvgIpc) is 4.20. The monoisotopic (exact) mass is 1260 g/mol.